The van der Waals surface area contributed by atoms with Crippen molar-refractivity contribution in [1.82, 2.24) is 10.2 Å². The van der Waals surface area contributed by atoms with Crippen LogP contribution in [-0.2, 0) is 14.3 Å². The fourth-order valence-corrected chi connectivity index (χ4v) is 5.82. The maximum absolute atomic E-state index is 12.9. The summed E-state index contributed by atoms with van der Waals surface area (Å²) in [6.45, 7) is 0.315. The van der Waals surface area contributed by atoms with Gasteiger partial charge in [0.1, 0.15) is 12.6 Å². The number of amides is 2. The lowest BCUT2D eigenvalue weighted by Crippen LogP contribution is -2.46. The van der Waals surface area contributed by atoms with E-state index >= 15 is 0 Å². The van der Waals surface area contributed by atoms with Gasteiger partial charge in [0, 0.05) is 30.8 Å². The number of fused-ring (bicyclic) bond motifs is 3. The summed E-state index contributed by atoms with van der Waals surface area (Å²) in [7, 11) is 0. The van der Waals surface area contributed by atoms with Crippen LogP contribution in [0.4, 0.5) is 4.79 Å². The molecule has 0 unspecified atom stereocenters. The van der Waals surface area contributed by atoms with Crippen molar-refractivity contribution < 1.29 is 29.3 Å². The van der Waals surface area contributed by atoms with E-state index in [0.717, 1.165) is 11.1 Å². The normalized spacial score (nSPS) is 25.6. The highest BCUT2D eigenvalue weighted by atomic mass is 16.5. The molecule has 35 heavy (non-hydrogen) atoms. The topological polar surface area (TPSA) is 116 Å². The van der Waals surface area contributed by atoms with Crippen LogP contribution in [0.3, 0.4) is 0 Å². The monoisotopic (exact) mass is 478 g/mol. The van der Waals surface area contributed by atoms with Crippen LogP contribution in [0.5, 0.6) is 0 Å². The van der Waals surface area contributed by atoms with Crippen molar-refractivity contribution in [3.8, 4) is 11.1 Å². The molecular weight excluding hydrogens is 448 g/mol. The number of hydrogen-bond acceptors (Lipinski definition) is 5. The van der Waals surface area contributed by atoms with E-state index in [9.17, 15) is 24.6 Å². The summed E-state index contributed by atoms with van der Waals surface area (Å²) in [5.41, 5.74) is 4.67. The second-order valence-electron chi connectivity index (χ2n) is 9.75. The Kier molecular flexibility index (Phi) is 6.47. The number of carboxylic acids is 1. The molecule has 184 valence electrons. The number of nitrogens with one attached hydrogen (secondary N) is 1. The molecule has 1 saturated heterocycles. The van der Waals surface area contributed by atoms with Crippen LogP contribution in [0.2, 0.25) is 0 Å². The van der Waals surface area contributed by atoms with Crippen LogP contribution in [-0.4, -0.2) is 64.4 Å². The smallest absolute Gasteiger partial charge is 0.407 e. The molecule has 3 N–H and O–H groups in total. The first-order chi connectivity index (χ1) is 16.9. The predicted octanol–water partition coefficient (Wildman–Crippen LogP) is 3.13. The Labute approximate surface area is 203 Å². The minimum Gasteiger partial charge on any atom is -0.480 e. The van der Waals surface area contributed by atoms with Gasteiger partial charge in [0.05, 0.1) is 6.10 Å². The Morgan fingerprint density at radius 3 is 2.14 bits per heavy atom. The Morgan fingerprint density at radius 2 is 1.54 bits per heavy atom. The molecule has 8 heteroatoms. The number of carbonyl (C=O) groups excluding carboxylic acids is 2. The Bertz CT molecular complexity index is 1080. The largest absolute Gasteiger partial charge is 0.480 e. The van der Waals surface area contributed by atoms with Crippen molar-refractivity contribution in [2.45, 2.75) is 56.2 Å². The maximum Gasteiger partial charge on any atom is 0.407 e. The van der Waals surface area contributed by atoms with E-state index in [1.165, 1.54) is 16.0 Å². The summed E-state index contributed by atoms with van der Waals surface area (Å²) in [6, 6.07) is 15.3. The van der Waals surface area contributed by atoms with Crippen molar-refractivity contribution in [3.05, 3.63) is 59.7 Å². The summed E-state index contributed by atoms with van der Waals surface area (Å²) < 4.78 is 5.63. The predicted molar refractivity (Wildman–Crippen MR) is 128 cm³/mol. The molecule has 3 aliphatic rings. The summed E-state index contributed by atoms with van der Waals surface area (Å²) in [5, 5.41) is 22.1. The van der Waals surface area contributed by atoms with E-state index in [-0.39, 0.29) is 43.4 Å². The molecule has 0 bridgehead atoms. The molecule has 0 aromatic heterocycles. The maximum atomic E-state index is 12.9. The molecule has 1 saturated carbocycles. The molecule has 2 atom stereocenters. The number of benzene rings is 2. The fraction of sp³-hybridized carbons (Fsp3) is 0.444. The third-order valence-electron chi connectivity index (χ3n) is 7.59. The number of carboxylic acid groups (broad SMARTS) is 1. The van der Waals surface area contributed by atoms with Crippen LogP contribution in [0, 0.1) is 5.92 Å². The number of aliphatic hydroxyl groups excluding tert-OH is 1. The van der Waals surface area contributed by atoms with Crippen molar-refractivity contribution in [3.63, 3.8) is 0 Å². The highest BCUT2D eigenvalue weighted by Crippen LogP contribution is 2.44. The SMILES string of the molecule is O=C(NC1CCC(C(=O)N2C[C@H](O)C[C@@H]2C(=O)O)CC1)OCC1c2ccccc2-c2ccccc21. The van der Waals surface area contributed by atoms with Crippen LogP contribution in [0.15, 0.2) is 48.5 Å². The average Bonchev–Trinajstić information content (AvgIpc) is 3.41. The van der Waals surface area contributed by atoms with Gasteiger partial charge in [0.2, 0.25) is 5.91 Å². The molecule has 8 nitrogen and oxygen atoms in total. The number of alkyl carbamates (subject to hydrolysis) is 1. The van der Waals surface area contributed by atoms with Gasteiger partial charge in [-0.15, -0.1) is 0 Å². The van der Waals surface area contributed by atoms with Gasteiger partial charge < -0.3 is 25.2 Å². The van der Waals surface area contributed by atoms with E-state index in [0.29, 0.717) is 25.7 Å². The molecule has 1 heterocycles. The summed E-state index contributed by atoms with van der Waals surface area (Å²) in [5.74, 6) is -1.59. The van der Waals surface area contributed by atoms with Crippen LogP contribution < -0.4 is 5.32 Å². The first-order valence-corrected chi connectivity index (χ1v) is 12.2. The van der Waals surface area contributed by atoms with Gasteiger partial charge in [-0.1, -0.05) is 48.5 Å². The molecule has 2 fully saturated rings. The van der Waals surface area contributed by atoms with Crippen LogP contribution in [0.25, 0.3) is 11.1 Å². The number of aliphatic hydroxyl groups is 1. The number of hydrogen-bond donors (Lipinski definition) is 3. The average molecular weight is 479 g/mol. The Morgan fingerprint density at radius 1 is 0.943 bits per heavy atom. The van der Waals surface area contributed by atoms with Crippen LogP contribution in [0.1, 0.15) is 49.1 Å². The van der Waals surface area contributed by atoms with Gasteiger partial charge in [0.15, 0.2) is 0 Å². The Balaban J connectivity index is 1.12. The van der Waals surface area contributed by atoms with E-state index in [1.54, 1.807) is 0 Å². The molecular formula is C27H30N2O6. The van der Waals surface area contributed by atoms with E-state index in [2.05, 4.69) is 29.6 Å². The number of rotatable bonds is 5. The zero-order valence-electron chi connectivity index (χ0n) is 19.4. The standard InChI is InChI=1S/C27H30N2O6/c30-18-13-24(26(32)33)29(14-18)25(31)16-9-11-17(12-10-16)28-27(34)35-15-23-21-7-3-1-5-19(21)20-6-2-4-8-22(20)23/h1-8,16-18,23-24,30H,9-15H2,(H,28,34)(H,32,33)/t16?,17?,18-,24-/m1/s1. The summed E-state index contributed by atoms with van der Waals surface area (Å²) >= 11 is 0. The van der Waals surface area contributed by atoms with Crippen LogP contribution >= 0.6 is 0 Å². The lowest BCUT2D eigenvalue weighted by atomic mass is 9.85. The number of nitrogens with zero attached hydrogens (tertiary/aromatic N) is 1. The Hall–Kier alpha value is -3.39. The highest BCUT2D eigenvalue weighted by Gasteiger charge is 2.42. The van der Waals surface area contributed by atoms with E-state index in [1.807, 2.05) is 24.3 Å². The second kappa shape index (κ2) is 9.70. The molecule has 1 aliphatic heterocycles. The van der Waals surface area contributed by atoms with Crippen molar-refractivity contribution in [2.24, 2.45) is 5.92 Å². The summed E-state index contributed by atoms with van der Waals surface area (Å²) in [6.07, 6.45) is 1.17. The third kappa shape index (κ3) is 4.62. The minimum atomic E-state index is -1.08. The zero-order chi connectivity index (χ0) is 24.5. The van der Waals surface area contributed by atoms with Crippen molar-refractivity contribution in [1.29, 1.82) is 0 Å². The molecule has 2 amide bonds. The van der Waals surface area contributed by atoms with Crippen molar-refractivity contribution >= 4 is 18.0 Å². The minimum absolute atomic E-state index is 0.000462. The van der Waals surface area contributed by atoms with Gasteiger partial charge >= 0.3 is 12.1 Å². The number of likely N-dealkylation sites (tertiary alicyclic amines) is 1. The highest BCUT2D eigenvalue weighted by molar-refractivity contribution is 5.86. The van der Waals surface area contributed by atoms with Gasteiger partial charge in [-0.3, -0.25) is 4.79 Å². The molecule has 0 spiro atoms. The molecule has 2 aromatic carbocycles. The van der Waals surface area contributed by atoms with E-state index in [4.69, 9.17) is 4.74 Å². The lowest BCUT2D eigenvalue weighted by molar-refractivity contribution is -0.150. The summed E-state index contributed by atoms with van der Waals surface area (Å²) in [4.78, 5) is 38.2. The first-order valence-electron chi connectivity index (χ1n) is 12.2. The van der Waals surface area contributed by atoms with E-state index < -0.39 is 24.2 Å². The molecule has 2 aromatic rings. The number of β-amino-alcohol motifs (C(OH)–C–C–N with tert-alkyl or cyclic N) is 1. The lowest BCUT2D eigenvalue weighted by Gasteiger charge is -2.32. The number of ether oxygens (including phenoxy) is 1. The molecule has 5 rings (SSSR count). The molecule has 2 aliphatic carbocycles. The fourth-order valence-electron chi connectivity index (χ4n) is 5.82. The second-order valence-corrected chi connectivity index (χ2v) is 9.75. The zero-order valence-corrected chi connectivity index (χ0v) is 19.4. The first kappa shape index (κ1) is 23.4. The van der Waals surface area contributed by atoms with Gasteiger partial charge in [0.25, 0.3) is 0 Å². The van der Waals surface area contributed by atoms with Gasteiger partial charge in [-0.25, -0.2) is 9.59 Å². The number of carbonyl (C=O) groups is 3. The van der Waals surface area contributed by atoms with Gasteiger partial charge in [-0.2, -0.15) is 0 Å². The van der Waals surface area contributed by atoms with Crippen molar-refractivity contribution in [2.75, 3.05) is 13.2 Å². The number of aliphatic carboxylic acids is 1. The third-order valence-corrected chi connectivity index (χ3v) is 7.59. The van der Waals surface area contributed by atoms with Gasteiger partial charge in [-0.05, 0) is 47.9 Å². The molecule has 0 radical (unpaired) electrons. The quantitative estimate of drug-likeness (QED) is 0.608.